The SMILES string of the molecule is CCC(CC)C(Cc1ncc(C)c(OC)c1C)NN. The Morgan fingerprint density at radius 1 is 1.32 bits per heavy atom. The Labute approximate surface area is 116 Å². The summed E-state index contributed by atoms with van der Waals surface area (Å²) in [6.45, 7) is 8.49. The number of ether oxygens (including phenoxy) is 1. The van der Waals surface area contributed by atoms with Gasteiger partial charge in [-0.1, -0.05) is 26.7 Å². The standard InChI is InChI=1S/C15H27N3O/c1-6-12(7-2)14(18-16)8-13-11(4)15(19-5)10(3)9-17-13/h9,12,14,18H,6-8,16H2,1-5H3. The maximum atomic E-state index is 5.71. The summed E-state index contributed by atoms with van der Waals surface area (Å²) < 4.78 is 5.45. The number of pyridine rings is 1. The summed E-state index contributed by atoms with van der Waals surface area (Å²) in [5.74, 6) is 7.22. The molecular weight excluding hydrogens is 238 g/mol. The maximum absolute atomic E-state index is 5.71. The summed E-state index contributed by atoms with van der Waals surface area (Å²) in [7, 11) is 1.71. The third kappa shape index (κ3) is 3.67. The zero-order chi connectivity index (χ0) is 14.4. The van der Waals surface area contributed by atoms with Gasteiger partial charge in [-0.3, -0.25) is 16.3 Å². The van der Waals surface area contributed by atoms with E-state index in [-0.39, 0.29) is 6.04 Å². The first-order chi connectivity index (χ1) is 9.08. The lowest BCUT2D eigenvalue weighted by molar-refractivity contribution is 0.332. The molecule has 0 aromatic carbocycles. The molecule has 1 atom stereocenters. The third-order valence-electron chi connectivity index (χ3n) is 3.99. The first-order valence-corrected chi connectivity index (χ1v) is 7.04. The fourth-order valence-electron chi connectivity index (χ4n) is 2.70. The van der Waals surface area contributed by atoms with Crippen LogP contribution in [0.15, 0.2) is 6.20 Å². The summed E-state index contributed by atoms with van der Waals surface area (Å²) >= 11 is 0. The number of aryl methyl sites for hydroxylation is 1. The molecule has 0 spiro atoms. The number of nitrogens with zero attached hydrogens (tertiary/aromatic N) is 1. The molecule has 1 aromatic heterocycles. The van der Waals surface area contributed by atoms with Gasteiger partial charge in [-0.25, -0.2) is 0 Å². The van der Waals surface area contributed by atoms with Gasteiger partial charge in [0, 0.05) is 35.5 Å². The number of nitrogens with one attached hydrogen (secondary N) is 1. The van der Waals surface area contributed by atoms with E-state index in [1.807, 2.05) is 13.1 Å². The van der Waals surface area contributed by atoms with Crippen molar-refractivity contribution in [2.45, 2.75) is 53.0 Å². The summed E-state index contributed by atoms with van der Waals surface area (Å²) in [6.07, 6.45) is 4.95. The lowest BCUT2D eigenvalue weighted by Gasteiger charge is -2.25. The molecule has 4 heteroatoms. The van der Waals surface area contributed by atoms with Crippen molar-refractivity contribution in [3.63, 3.8) is 0 Å². The minimum atomic E-state index is 0.258. The topological polar surface area (TPSA) is 60.2 Å². The van der Waals surface area contributed by atoms with Gasteiger partial charge in [-0.15, -0.1) is 0 Å². The Bertz CT molecular complexity index is 403. The second-order valence-corrected chi connectivity index (χ2v) is 5.10. The van der Waals surface area contributed by atoms with Crippen LogP contribution >= 0.6 is 0 Å². The Morgan fingerprint density at radius 2 is 1.95 bits per heavy atom. The monoisotopic (exact) mass is 265 g/mol. The van der Waals surface area contributed by atoms with E-state index in [1.165, 1.54) is 0 Å². The first kappa shape index (κ1) is 15.9. The zero-order valence-electron chi connectivity index (χ0n) is 12.8. The van der Waals surface area contributed by atoms with Gasteiger partial charge >= 0.3 is 0 Å². The van der Waals surface area contributed by atoms with Crippen LogP contribution < -0.4 is 16.0 Å². The molecule has 3 N–H and O–H groups in total. The van der Waals surface area contributed by atoms with E-state index in [9.17, 15) is 0 Å². The van der Waals surface area contributed by atoms with E-state index < -0.39 is 0 Å². The number of methoxy groups -OCH3 is 1. The van der Waals surface area contributed by atoms with Gasteiger partial charge in [0.2, 0.25) is 0 Å². The molecule has 0 aliphatic rings. The molecule has 4 nitrogen and oxygen atoms in total. The average Bonchev–Trinajstić information content (AvgIpc) is 2.42. The minimum Gasteiger partial charge on any atom is -0.496 e. The highest BCUT2D eigenvalue weighted by molar-refractivity contribution is 5.41. The molecule has 1 aromatic rings. The quantitative estimate of drug-likeness (QED) is 0.587. The highest BCUT2D eigenvalue weighted by Crippen LogP contribution is 2.26. The van der Waals surface area contributed by atoms with Crippen LogP contribution in [0.25, 0.3) is 0 Å². The van der Waals surface area contributed by atoms with E-state index in [0.717, 1.165) is 41.8 Å². The highest BCUT2D eigenvalue weighted by Gasteiger charge is 2.20. The molecule has 0 fully saturated rings. The number of hydrogen-bond acceptors (Lipinski definition) is 4. The van der Waals surface area contributed by atoms with Crippen molar-refractivity contribution in [1.82, 2.24) is 10.4 Å². The predicted octanol–water partition coefficient (Wildman–Crippen LogP) is 2.52. The maximum Gasteiger partial charge on any atom is 0.128 e. The summed E-state index contributed by atoms with van der Waals surface area (Å²) in [4.78, 5) is 4.55. The van der Waals surface area contributed by atoms with Crippen LogP contribution in [0.1, 0.15) is 43.5 Å². The van der Waals surface area contributed by atoms with Gasteiger partial charge in [0.15, 0.2) is 0 Å². The normalized spacial score (nSPS) is 12.8. The van der Waals surface area contributed by atoms with Crippen molar-refractivity contribution >= 4 is 0 Å². The Hall–Kier alpha value is -1.13. The molecular formula is C15H27N3O. The van der Waals surface area contributed by atoms with E-state index in [2.05, 4.69) is 31.2 Å². The smallest absolute Gasteiger partial charge is 0.128 e. The molecule has 0 saturated heterocycles. The Kier molecular flexibility index (Phi) is 6.25. The van der Waals surface area contributed by atoms with Crippen LogP contribution in [0.5, 0.6) is 5.75 Å². The predicted molar refractivity (Wildman–Crippen MR) is 79.2 cm³/mol. The van der Waals surface area contributed by atoms with Crippen molar-refractivity contribution in [2.75, 3.05) is 7.11 Å². The van der Waals surface area contributed by atoms with Gasteiger partial charge in [0.05, 0.1) is 7.11 Å². The Balaban J connectivity index is 2.97. The number of aromatic nitrogens is 1. The van der Waals surface area contributed by atoms with Crippen molar-refractivity contribution in [3.05, 3.63) is 23.0 Å². The first-order valence-electron chi connectivity index (χ1n) is 7.04. The van der Waals surface area contributed by atoms with E-state index in [1.54, 1.807) is 7.11 Å². The van der Waals surface area contributed by atoms with Crippen molar-refractivity contribution in [2.24, 2.45) is 11.8 Å². The van der Waals surface area contributed by atoms with Crippen LogP contribution in [-0.2, 0) is 6.42 Å². The zero-order valence-corrected chi connectivity index (χ0v) is 12.8. The lowest BCUT2D eigenvalue weighted by Crippen LogP contribution is -2.42. The molecule has 0 aliphatic heterocycles. The molecule has 0 bridgehead atoms. The molecule has 1 heterocycles. The number of hydrogen-bond donors (Lipinski definition) is 2. The van der Waals surface area contributed by atoms with Crippen molar-refractivity contribution in [1.29, 1.82) is 0 Å². The second-order valence-electron chi connectivity index (χ2n) is 5.10. The molecule has 1 rings (SSSR count). The third-order valence-corrected chi connectivity index (χ3v) is 3.99. The van der Waals surface area contributed by atoms with Gasteiger partial charge in [-0.05, 0) is 19.8 Å². The van der Waals surface area contributed by atoms with E-state index in [0.29, 0.717) is 5.92 Å². The molecule has 0 aliphatic carbocycles. The highest BCUT2D eigenvalue weighted by atomic mass is 16.5. The fraction of sp³-hybridized carbons (Fsp3) is 0.667. The Morgan fingerprint density at radius 3 is 2.42 bits per heavy atom. The molecule has 0 radical (unpaired) electrons. The number of nitrogens with two attached hydrogens (primary N) is 1. The molecule has 0 amide bonds. The van der Waals surface area contributed by atoms with E-state index >= 15 is 0 Å². The number of rotatable bonds is 7. The van der Waals surface area contributed by atoms with Crippen LogP contribution in [0.2, 0.25) is 0 Å². The van der Waals surface area contributed by atoms with E-state index in [4.69, 9.17) is 10.6 Å². The summed E-state index contributed by atoms with van der Waals surface area (Å²) in [5.41, 5.74) is 6.21. The van der Waals surface area contributed by atoms with Crippen molar-refractivity contribution in [3.8, 4) is 5.75 Å². The average molecular weight is 265 g/mol. The molecule has 1 unspecified atom stereocenters. The van der Waals surface area contributed by atoms with Crippen LogP contribution in [0.4, 0.5) is 0 Å². The fourth-order valence-corrected chi connectivity index (χ4v) is 2.70. The lowest BCUT2D eigenvalue weighted by atomic mass is 9.90. The summed E-state index contributed by atoms with van der Waals surface area (Å²) in [6, 6.07) is 0.258. The van der Waals surface area contributed by atoms with Gasteiger partial charge in [-0.2, -0.15) is 0 Å². The van der Waals surface area contributed by atoms with Crippen molar-refractivity contribution < 1.29 is 4.74 Å². The van der Waals surface area contributed by atoms with Crippen LogP contribution in [0, 0.1) is 19.8 Å². The minimum absolute atomic E-state index is 0.258. The van der Waals surface area contributed by atoms with Crippen LogP contribution in [-0.4, -0.2) is 18.1 Å². The van der Waals surface area contributed by atoms with Crippen LogP contribution in [0.3, 0.4) is 0 Å². The second kappa shape index (κ2) is 7.46. The molecule has 108 valence electrons. The summed E-state index contributed by atoms with van der Waals surface area (Å²) in [5, 5.41) is 0. The number of hydrazine groups is 1. The molecule has 19 heavy (non-hydrogen) atoms. The van der Waals surface area contributed by atoms with Gasteiger partial charge in [0.25, 0.3) is 0 Å². The van der Waals surface area contributed by atoms with Gasteiger partial charge < -0.3 is 4.74 Å². The molecule has 0 saturated carbocycles. The largest absolute Gasteiger partial charge is 0.496 e. The van der Waals surface area contributed by atoms with Gasteiger partial charge in [0.1, 0.15) is 5.75 Å².